The van der Waals surface area contributed by atoms with Crippen LogP contribution in [0.2, 0.25) is 10.0 Å². The number of benzene rings is 1. The molecule has 1 aliphatic heterocycles. The summed E-state index contributed by atoms with van der Waals surface area (Å²) in [7, 11) is 1.65. The second-order valence-electron chi connectivity index (χ2n) is 11.9. The average molecular weight is 602 g/mol. The summed E-state index contributed by atoms with van der Waals surface area (Å²) in [4.78, 5) is 55.6. The van der Waals surface area contributed by atoms with E-state index >= 15 is 0 Å². The Morgan fingerprint density at radius 2 is 1.73 bits per heavy atom. The predicted octanol–water partition coefficient (Wildman–Crippen LogP) is 3.26. The maximum atomic E-state index is 13.8. The van der Waals surface area contributed by atoms with E-state index < -0.39 is 41.4 Å². The lowest BCUT2D eigenvalue weighted by atomic mass is 10.0. The second kappa shape index (κ2) is 13.9. The maximum absolute atomic E-state index is 13.8. The largest absolute Gasteiger partial charge is 0.483 e. The van der Waals surface area contributed by atoms with Crippen molar-refractivity contribution in [1.29, 1.82) is 0 Å². The van der Waals surface area contributed by atoms with Gasteiger partial charge in [-0.1, -0.05) is 37.0 Å². The van der Waals surface area contributed by atoms with Crippen molar-refractivity contribution in [3.05, 3.63) is 27.7 Å². The van der Waals surface area contributed by atoms with E-state index in [1.165, 1.54) is 21.9 Å². The zero-order valence-electron chi connectivity index (χ0n) is 24.5. The Kier molecular flexibility index (Phi) is 11.7. The van der Waals surface area contributed by atoms with Gasteiger partial charge < -0.3 is 30.3 Å². The highest BCUT2D eigenvalue weighted by molar-refractivity contribution is 6.42. The van der Waals surface area contributed by atoms with Crippen LogP contribution in [-0.4, -0.2) is 88.5 Å². The van der Waals surface area contributed by atoms with Crippen molar-refractivity contribution in [2.24, 2.45) is 5.92 Å². The molecule has 1 saturated heterocycles. The average Bonchev–Trinajstić information content (AvgIpc) is 3.22. The molecule has 0 bridgehead atoms. The monoisotopic (exact) mass is 600 g/mol. The Bertz CT molecular complexity index is 1110. The SMILES string of the molecule is CC(C)C[C@@H](NC(=O)c1cc(Cl)c(Cl)cc1OCC(=O)NC(C)(C)C)C(=O)N1C[C@@H](O)C[C@@H]1C(=O)N(C)C(C)C. The van der Waals surface area contributed by atoms with Crippen molar-refractivity contribution in [2.75, 3.05) is 20.2 Å². The van der Waals surface area contributed by atoms with E-state index in [-0.39, 0.29) is 65.2 Å². The topological polar surface area (TPSA) is 128 Å². The molecule has 0 aliphatic carbocycles. The summed E-state index contributed by atoms with van der Waals surface area (Å²) in [6, 6.07) is 0.731. The highest BCUT2D eigenvalue weighted by Gasteiger charge is 2.43. The number of halogens is 2. The Hall–Kier alpha value is -2.56. The Labute approximate surface area is 246 Å². The number of rotatable bonds is 10. The van der Waals surface area contributed by atoms with Gasteiger partial charge in [0.15, 0.2) is 6.61 Å². The molecule has 1 heterocycles. The van der Waals surface area contributed by atoms with Crippen molar-refractivity contribution in [3.8, 4) is 5.75 Å². The van der Waals surface area contributed by atoms with E-state index in [4.69, 9.17) is 27.9 Å². The fourth-order valence-corrected chi connectivity index (χ4v) is 4.65. The van der Waals surface area contributed by atoms with E-state index in [0.717, 1.165) is 0 Å². The summed E-state index contributed by atoms with van der Waals surface area (Å²) < 4.78 is 5.64. The predicted molar refractivity (Wildman–Crippen MR) is 155 cm³/mol. The molecule has 0 unspecified atom stereocenters. The van der Waals surface area contributed by atoms with Crippen LogP contribution in [0.5, 0.6) is 5.75 Å². The van der Waals surface area contributed by atoms with Crippen molar-refractivity contribution in [3.63, 3.8) is 0 Å². The van der Waals surface area contributed by atoms with Crippen molar-refractivity contribution in [2.45, 2.75) is 91.1 Å². The third kappa shape index (κ3) is 9.24. The summed E-state index contributed by atoms with van der Waals surface area (Å²) in [6.45, 7) is 12.6. The molecule has 1 fully saturated rings. The minimum Gasteiger partial charge on any atom is -0.483 e. The van der Waals surface area contributed by atoms with Gasteiger partial charge in [0.05, 0.1) is 21.7 Å². The quantitative estimate of drug-likeness (QED) is 0.378. The molecular weight excluding hydrogens is 559 g/mol. The van der Waals surface area contributed by atoms with Gasteiger partial charge in [-0.3, -0.25) is 19.2 Å². The molecule has 0 spiro atoms. The van der Waals surface area contributed by atoms with Crippen molar-refractivity contribution >= 4 is 46.8 Å². The van der Waals surface area contributed by atoms with Gasteiger partial charge in [-0.2, -0.15) is 0 Å². The standard InChI is InChI=1S/C28H42Cl2N4O6/c1-15(2)9-21(26(38)34-13-17(35)10-22(34)27(39)33(8)16(3)4)31-25(37)18-11-19(29)20(30)12-23(18)40-14-24(36)32-28(5,6)7/h11-12,15-17,21-22,35H,9-10,13-14H2,1-8H3,(H,31,37)(H,32,36)/t17-,21+,22+/m0/s1. The van der Waals surface area contributed by atoms with Gasteiger partial charge in [-0.25, -0.2) is 0 Å². The Balaban J connectivity index is 2.33. The van der Waals surface area contributed by atoms with Crippen LogP contribution in [0.1, 0.15) is 71.7 Å². The van der Waals surface area contributed by atoms with Crippen LogP contribution < -0.4 is 15.4 Å². The van der Waals surface area contributed by atoms with Gasteiger partial charge in [-0.15, -0.1) is 0 Å². The van der Waals surface area contributed by atoms with Gasteiger partial charge in [0.2, 0.25) is 11.8 Å². The van der Waals surface area contributed by atoms with Crippen LogP contribution in [0.4, 0.5) is 0 Å². The van der Waals surface area contributed by atoms with Gasteiger partial charge >= 0.3 is 0 Å². The molecule has 224 valence electrons. The van der Waals surface area contributed by atoms with Gasteiger partial charge in [0, 0.05) is 37.7 Å². The molecule has 1 aliphatic rings. The molecule has 2 rings (SSSR count). The smallest absolute Gasteiger partial charge is 0.258 e. The molecule has 1 aromatic carbocycles. The Morgan fingerprint density at radius 3 is 2.27 bits per heavy atom. The number of hydrogen-bond donors (Lipinski definition) is 3. The molecule has 3 N–H and O–H groups in total. The van der Waals surface area contributed by atoms with E-state index in [1.54, 1.807) is 7.05 Å². The molecule has 4 amide bonds. The van der Waals surface area contributed by atoms with E-state index in [1.807, 2.05) is 48.5 Å². The molecular formula is C28H42Cl2N4O6. The van der Waals surface area contributed by atoms with E-state index in [9.17, 15) is 24.3 Å². The number of hydrogen-bond acceptors (Lipinski definition) is 6. The number of likely N-dealkylation sites (N-methyl/N-ethyl adjacent to an activating group) is 1. The summed E-state index contributed by atoms with van der Waals surface area (Å²) in [5.41, 5.74) is -0.483. The fraction of sp³-hybridized carbons (Fsp3) is 0.643. The third-order valence-corrected chi connectivity index (χ3v) is 7.14. The molecule has 0 radical (unpaired) electrons. The number of β-amino-alcohol motifs (C(OH)–C–C–N with tert-alkyl or cyclic N) is 1. The zero-order valence-corrected chi connectivity index (χ0v) is 26.0. The third-order valence-electron chi connectivity index (χ3n) is 6.42. The Morgan fingerprint density at radius 1 is 1.12 bits per heavy atom. The molecule has 1 aromatic rings. The van der Waals surface area contributed by atoms with E-state index in [0.29, 0.717) is 0 Å². The first-order chi connectivity index (χ1) is 18.4. The number of nitrogens with zero attached hydrogens (tertiary/aromatic N) is 2. The summed E-state index contributed by atoms with van der Waals surface area (Å²) in [5.74, 6) is -1.77. The number of nitrogens with one attached hydrogen (secondary N) is 2. The summed E-state index contributed by atoms with van der Waals surface area (Å²) in [5, 5.41) is 16.1. The van der Waals surface area contributed by atoms with Gasteiger partial charge in [-0.05, 0) is 53.0 Å². The first-order valence-corrected chi connectivity index (χ1v) is 14.2. The first kappa shape index (κ1) is 33.6. The number of ether oxygens (including phenoxy) is 1. The van der Waals surface area contributed by atoms with Gasteiger partial charge in [0.1, 0.15) is 17.8 Å². The van der Waals surface area contributed by atoms with Crippen LogP contribution in [0, 0.1) is 5.92 Å². The highest BCUT2D eigenvalue weighted by Crippen LogP contribution is 2.31. The molecule has 3 atom stereocenters. The van der Waals surface area contributed by atoms with Crippen LogP contribution in [0.25, 0.3) is 0 Å². The maximum Gasteiger partial charge on any atom is 0.258 e. The van der Waals surface area contributed by atoms with Crippen LogP contribution in [0.3, 0.4) is 0 Å². The van der Waals surface area contributed by atoms with E-state index in [2.05, 4.69) is 10.6 Å². The molecule has 0 saturated carbocycles. The van der Waals surface area contributed by atoms with Crippen LogP contribution >= 0.6 is 23.2 Å². The van der Waals surface area contributed by atoms with Crippen molar-refractivity contribution in [1.82, 2.24) is 20.4 Å². The summed E-state index contributed by atoms with van der Waals surface area (Å²) in [6.07, 6.45) is -0.460. The van der Waals surface area contributed by atoms with Gasteiger partial charge in [0.25, 0.3) is 11.8 Å². The number of aliphatic hydroxyl groups excluding tert-OH is 1. The summed E-state index contributed by atoms with van der Waals surface area (Å²) >= 11 is 12.4. The van der Waals surface area contributed by atoms with Crippen molar-refractivity contribution < 1.29 is 29.0 Å². The minimum atomic E-state index is -0.996. The lowest BCUT2D eigenvalue weighted by Crippen LogP contribution is -2.54. The molecule has 12 heteroatoms. The first-order valence-electron chi connectivity index (χ1n) is 13.4. The van der Waals surface area contributed by atoms with Crippen LogP contribution in [0.15, 0.2) is 12.1 Å². The zero-order chi connectivity index (χ0) is 30.5. The number of carbonyl (C=O) groups is 4. The molecule has 10 nitrogen and oxygen atoms in total. The molecule has 0 aromatic heterocycles. The fourth-order valence-electron chi connectivity index (χ4n) is 4.33. The number of amides is 4. The number of likely N-dealkylation sites (tertiary alicyclic amines) is 1. The number of carbonyl (C=O) groups excluding carboxylic acids is 4. The highest BCUT2D eigenvalue weighted by atomic mass is 35.5. The second-order valence-corrected chi connectivity index (χ2v) is 12.8. The minimum absolute atomic E-state index is 0.00635. The normalized spacial score (nSPS) is 18.1. The van der Waals surface area contributed by atoms with Crippen LogP contribution in [-0.2, 0) is 14.4 Å². The molecule has 40 heavy (non-hydrogen) atoms. The number of aliphatic hydroxyl groups is 1. The lowest BCUT2D eigenvalue weighted by Gasteiger charge is -2.32. The lowest BCUT2D eigenvalue weighted by molar-refractivity contribution is -0.145.